The Hall–Kier alpha value is -3.95. The molecule has 0 fully saturated rings. The fourth-order valence-electron chi connectivity index (χ4n) is 3.22. The summed E-state index contributed by atoms with van der Waals surface area (Å²) in [5.41, 5.74) is 3.67. The minimum atomic E-state index is -0.284. The minimum absolute atomic E-state index is 0.154. The number of aliphatic imine (C=N–C) groups is 1. The highest BCUT2D eigenvalue weighted by molar-refractivity contribution is 5.86. The lowest BCUT2D eigenvalue weighted by molar-refractivity contribution is 0.472. The Balaban J connectivity index is 1.78. The highest BCUT2D eigenvalue weighted by atomic mass is 16.3. The van der Waals surface area contributed by atoms with Crippen molar-refractivity contribution in [1.29, 1.82) is 0 Å². The van der Waals surface area contributed by atoms with Crippen molar-refractivity contribution in [3.05, 3.63) is 96.2 Å². The minimum Gasteiger partial charge on any atom is -0.505 e. The molecular weight excluding hydrogens is 350 g/mol. The van der Waals surface area contributed by atoms with Crippen LogP contribution in [-0.2, 0) is 4.79 Å². The van der Waals surface area contributed by atoms with E-state index in [1.165, 1.54) is 6.08 Å². The third-order valence-electron chi connectivity index (χ3n) is 4.58. The summed E-state index contributed by atoms with van der Waals surface area (Å²) in [4.78, 5) is 18.4. The van der Waals surface area contributed by atoms with Crippen LogP contribution in [0.5, 0.6) is 5.75 Å². The molecule has 0 radical (unpaired) electrons. The van der Waals surface area contributed by atoms with Gasteiger partial charge in [0, 0.05) is 22.8 Å². The first-order chi connectivity index (χ1) is 13.8. The van der Waals surface area contributed by atoms with E-state index in [1.54, 1.807) is 18.3 Å². The van der Waals surface area contributed by atoms with Crippen molar-refractivity contribution < 1.29 is 9.90 Å². The van der Waals surface area contributed by atoms with E-state index >= 15 is 0 Å². The van der Waals surface area contributed by atoms with Crippen molar-refractivity contribution >= 4 is 28.4 Å². The van der Waals surface area contributed by atoms with Crippen molar-refractivity contribution in [2.24, 2.45) is 4.99 Å². The van der Waals surface area contributed by atoms with Crippen LogP contribution in [0.1, 0.15) is 17.2 Å². The molecular formula is C23H17N3O2. The van der Waals surface area contributed by atoms with Crippen molar-refractivity contribution in [2.75, 3.05) is 5.32 Å². The fraction of sp³-hybridized carbons (Fsp3) is 0.0435. The lowest BCUT2D eigenvalue weighted by atomic mass is 9.96. The summed E-state index contributed by atoms with van der Waals surface area (Å²) in [5, 5.41) is 15.3. The monoisotopic (exact) mass is 367 g/mol. The van der Waals surface area contributed by atoms with Gasteiger partial charge in [0.1, 0.15) is 11.3 Å². The first kappa shape index (κ1) is 17.5. The van der Waals surface area contributed by atoms with Crippen LogP contribution < -0.4 is 5.32 Å². The number of aromatic hydroxyl groups is 1. The van der Waals surface area contributed by atoms with E-state index in [2.05, 4.69) is 15.3 Å². The molecule has 136 valence electrons. The van der Waals surface area contributed by atoms with Gasteiger partial charge in [-0.1, -0.05) is 48.5 Å². The summed E-state index contributed by atoms with van der Waals surface area (Å²) in [6, 6.07) is 24.4. The summed E-state index contributed by atoms with van der Waals surface area (Å²) >= 11 is 0. The molecule has 4 aromatic rings. The number of fused-ring (bicyclic) bond motifs is 1. The number of pyridine rings is 1. The second kappa shape index (κ2) is 7.74. The molecule has 5 nitrogen and oxygen atoms in total. The summed E-state index contributed by atoms with van der Waals surface area (Å²) in [6.07, 6.45) is 3.20. The van der Waals surface area contributed by atoms with Gasteiger partial charge in [-0.15, -0.1) is 0 Å². The maximum Gasteiger partial charge on any atom is 0.240 e. The Kier molecular flexibility index (Phi) is 4.83. The zero-order chi connectivity index (χ0) is 19.3. The average Bonchev–Trinajstić information content (AvgIpc) is 2.75. The quantitative estimate of drug-likeness (QED) is 0.380. The Morgan fingerprint density at radius 1 is 0.929 bits per heavy atom. The number of isocyanates is 1. The predicted octanol–water partition coefficient (Wildman–Crippen LogP) is 5.11. The number of nitrogens with one attached hydrogen (secondary N) is 1. The van der Waals surface area contributed by atoms with Crippen LogP contribution in [0.4, 0.5) is 11.4 Å². The number of hydrogen-bond donors (Lipinski definition) is 2. The second-order valence-electron chi connectivity index (χ2n) is 6.32. The molecule has 1 aromatic heterocycles. The lowest BCUT2D eigenvalue weighted by Gasteiger charge is -2.22. The first-order valence-corrected chi connectivity index (χ1v) is 8.82. The molecule has 1 heterocycles. The van der Waals surface area contributed by atoms with Crippen LogP contribution in [0.2, 0.25) is 0 Å². The topological polar surface area (TPSA) is 74.6 Å². The van der Waals surface area contributed by atoms with Gasteiger partial charge in [-0.25, -0.2) is 4.79 Å². The van der Waals surface area contributed by atoms with Crippen LogP contribution in [0, 0.1) is 0 Å². The molecule has 2 N–H and O–H groups in total. The summed E-state index contributed by atoms with van der Waals surface area (Å²) in [7, 11) is 0. The van der Waals surface area contributed by atoms with Gasteiger partial charge in [0.2, 0.25) is 6.08 Å². The number of nitrogens with zero attached hydrogens (tertiary/aromatic N) is 2. The summed E-state index contributed by atoms with van der Waals surface area (Å²) < 4.78 is 0. The van der Waals surface area contributed by atoms with E-state index in [-0.39, 0.29) is 11.8 Å². The van der Waals surface area contributed by atoms with Crippen LogP contribution >= 0.6 is 0 Å². The van der Waals surface area contributed by atoms with Gasteiger partial charge < -0.3 is 10.4 Å². The number of anilines is 1. The summed E-state index contributed by atoms with van der Waals surface area (Å²) in [5.74, 6) is 0.154. The largest absolute Gasteiger partial charge is 0.505 e. The number of carbonyl (C=O) groups excluding carboxylic acids is 1. The molecule has 0 aliphatic rings. The predicted molar refractivity (Wildman–Crippen MR) is 110 cm³/mol. The molecule has 0 amide bonds. The SMILES string of the molecule is O=C=Nc1ccc(NC(c2ccccc2)c2ccc3cccnc3c2O)cc1. The van der Waals surface area contributed by atoms with Gasteiger partial charge in [0.25, 0.3) is 0 Å². The molecule has 0 aliphatic heterocycles. The molecule has 0 spiro atoms. The highest BCUT2D eigenvalue weighted by Gasteiger charge is 2.19. The van der Waals surface area contributed by atoms with Crippen molar-refractivity contribution in [1.82, 2.24) is 4.98 Å². The maximum atomic E-state index is 10.9. The number of phenols is 1. The van der Waals surface area contributed by atoms with E-state index in [1.807, 2.05) is 66.7 Å². The number of phenolic OH excluding ortho intramolecular Hbond substituents is 1. The number of rotatable bonds is 5. The van der Waals surface area contributed by atoms with E-state index in [4.69, 9.17) is 0 Å². The third-order valence-corrected chi connectivity index (χ3v) is 4.58. The molecule has 3 aromatic carbocycles. The zero-order valence-corrected chi connectivity index (χ0v) is 14.9. The van der Waals surface area contributed by atoms with Gasteiger partial charge in [-0.3, -0.25) is 4.98 Å². The number of benzene rings is 3. The van der Waals surface area contributed by atoms with Crippen LogP contribution in [0.25, 0.3) is 10.9 Å². The molecule has 1 unspecified atom stereocenters. The Morgan fingerprint density at radius 2 is 1.71 bits per heavy atom. The average molecular weight is 367 g/mol. The zero-order valence-electron chi connectivity index (χ0n) is 14.9. The van der Waals surface area contributed by atoms with E-state index in [0.29, 0.717) is 11.2 Å². The van der Waals surface area contributed by atoms with Crippen LogP contribution in [0.15, 0.2) is 90.1 Å². The molecule has 0 bridgehead atoms. The molecule has 4 rings (SSSR count). The maximum absolute atomic E-state index is 10.9. The van der Waals surface area contributed by atoms with E-state index in [0.717, 1.165) is 22.2 Å². The Morgan fingerprint density at radius 3 is 2.46 bits per heavy atom. The molecule has 0 saturated carbocycles. The third kappa shape index (κ3) is 3.47. The van der Waals surface area contributed by atoms with Crippen LogP contribution in [-0.4, -0.2) is 16.2 Å². The van der Waals surface area contributed by atoms with Gasteiger partial charge in [-0.05, 0) is 35.9 Å². The Bertz CT molecular complexity index is 1150. The van der Waals surface area contributed by atoms with Gasteiger partial charge in [0.15, 0.2) is 0 Å². The van der Waals surface area contributed by atoms with E-state index in [9.17, 15) is 9.90 Å². The summed E-state index contributed by atoms with van der Waals surface area (Å²) in [6.45, 7) is 0. The van der Waals surface area contributed by atoms with E-state index < -0.39 is 0 Å². The normalized spacial score (nSPS) is 11.6. The smallest absolute Gasteiger partial charge is 0.240 e. The lowest BCUT2D eigenvalue weighted by Crippen LogP contribution is -2.12. The molecule has 0 saturated heterocycles. The first-order valence-electron chi connectivity index (χ1n) is 8.82. The van der Waals surface area contributed by atoms with Gasteiger partial charge in [0.05, 0.1) is 11.7 Å². The molecule has 28 heavy (non-hydrogen) atoms. The second-order valence-corrected chi connectivity index (χ2v) is 6.32. The van der Waals surface area contributed by atoms with Crippen molar-refractivity contribution in [3.8, 4) is 5.75 Å². The van der Waals surface area contributed by atoms with Crippen molar-refractivity contribution in [2.45, 2.75) is 6.04 Å². The van der Waals surface area contributed by atoms with Crippen molar-refractivity contribution in [3.63, 3.8) is 0 Å². The molecule has 5 heteroatoms. The van der Waals surface area contributed by atoms with Gasteiger partial charge in [-0.2, -0.15) is 4.99 Å². The molecule has 1 atom stereocenters. The molecule has 0 aliphatic carbocycles. The number of aromatic nitrogens is 1. The highest BCUT2D eigenvalue weighted by Crippen LogP contribution is 2.36. The fourth-order valence-corrected chi connectivity index (χ4v) is 3.22. The standard InChI is InChI=1S/C23H17N3O2/c27-15-25-18-9-11-19(12-10-18)26-21(16-5-2-1-3-6-16)20-13-8-17-7-4-14-24-22(17)23(20)28/h1-14,21,26,28H. The van der Waals surface area contributed by atoms with Crippen LogP contribution in [0.3, 0.4) is 0 Å². The van der Waals surface area contributed by atoms with Gasteiger partial charge >= 0.3 is 0 Å². The number of hydrogen-bond acceptors (Lipinski definition) is 5. The Labute approximate surface area is 162 Å².